The van der Waals surface area contributed by atoms with E-state index in [1.54, 1.807) is 18.3 Å². The fourth-order valence-corrected chi connectivity index (χ4v) is 5.08. The van der Waals surface area contributed by atoms with Crippen LogP contribution in [-0.2, 0) is 19.4 Å². The minimum Gasteiger partial charge on any atom is -0.390 e. The van der Waals surface area contributed by atoms with Gasteiger partial charge in [0.15, 0.2) is 0 Å². The lowest BCUT2D eigenvalue weighted by atomic mass is 9.99. The quantitative estimate of drug-likeness (QED) is 0.177. The van der Waals surface area contributed by atoms with E-state index in [0.717, 1.165) is 54.0 Å². The molecular formula is C34H40F2N4O2. The van der Waals surface area contributed by atoms with Crippen LogP contribution < -0.4 is 15.5 Å². The van der Waals surface area contributed by atoms with Crippen LogP contribution in [0.15, 0.2) is 72.9 Å². The molecule has 0 fully saturated rings. The zero-order valence-corrected chi connectivity index (χ0v) is 24.5. The van der Waals surface area contributed by atoms with Gasteiger partial charge < -0.3 is 20.6 Å². The van der Waals surface area contributed by atoms with Gasteiger partial charge in [-0.2, -0.15) is 0 Å². The predicted molar refractivity (Wildman–Crippen MR) is 165 cm³/mol. The summed E-state index contributed by atoms with van der Waals surface area (Å²) in [6.07, 6.45) is 3.79. The number of fused-ring (bicyclic) bond motifs is 1. The molecule has 8 heteroatoms. The second kappa shape index (κ2) is 14.8. The van der Waals surface area contributed by atoms with Crippen molar-refractivity contribution >= 4 is 22.5 Å². The van der Waals surface area contributed by atoms with Crippen molar-refractivity contribution in [2.24, 2.45) is 0 Å². The number of aryl methyl sites for hydroxylation is 1. The van der Waals surface area contributed by atoms with Crippen LogP contribution in [0.25, 0.3) is 10.8 Å². The van der Waals surface area contributed by atoms with E-state index in [0.29, 0.717) is 17.7 Å². The van der Waals surface area contributed by atoms with Crippen LogP contribution in [0.4, 0.5) is 14.6 Å². The number of hydrogen-bond donors (Lipinski definition) is 3. The Morgan fingerprint density at radius 2 is 1.74 bits per heavy atom. The molecule has 0 aliphatic heterocycles. The molecule has 222 valence electrons. The first kappa shape index (κ1) is 31.1. The first-order valence-corrected chi connectivity index (χ1v) is 14.6. The monoisotopic (exact) mass is 574 g/mol. The van der Waals surface area contributed by atoms with Gasteiger partial charge in [0, 0.05) is 49.9 Å². The second-order valence-corrected chi connectivity index (χ2v) is 10.8. The molecule has 0 saturated heterocycles. The Bertz CT molecular complexity index is 1480. The van der Waals surface area contributed by atoms with Crippen molar-refractivity contribution in [1.82, 2.24) is 15.6 Å². The fourth-order valence-electron chi connectivity index (χ4n) is 5.08. The lowest BCUT2D eigenvalue weighted by Gasteiger charge is -2.25. The van der Waals surface area contributed by atoms with Crippen molar-refractivity contribution in [3.8, 4) is 0 Å². The molecule has 6 nitrogen and oxygen atoms in total. The average Bonchev–Trinajstić information content (AvgIpc) is 2.98. The number of aromatic nitrogens is 1. The number of aliphatic hydroxyl groups excluding tert-OH is 1. The number of carbonyl (C=O) groups is 1. The maximum Gasteiger partial charge on any atom is 0.251 e. The maximum absolute atomic E-state index is 14.0. The van der Waals surface area contributed by atoms with Gasteiger partial charge in [-0.25, -0.2) is 13.8 Å². The summed E-state index contributed by atoms with van der Waals surface area (Å²) in [5.41, 5.74) is 3.06. The zero-order valence-electron chi connectivity index (χ0n) is 24.5. The highest BCUT2D eigenvalue weighted by atomic mass is 19.1. The maximum atomic E-state index is 14.0. The largest absolute Gasteiger partial charge is 0.390 e. The number of halogens is 2. The molecule has 2 atom stereocenters. The van der Waals surface area contributed by atoms with Crippen LogP contribution in [0.5, 0.6) is 0 Å². The molecule has 0 aliphatic carbocycles. The summed E-state index contributed by atoms with van der Waals surface area (Å²) in [5, 5.41) is 19.2. The van der Waals surface area contributed by atoms with Crippen molar-refractivity contribution in [1.29, 1.82) is 0 Å². The van der Waals surface area contributed by atoms with Crippen LogP contribution in [0, 0.1) is 11.6 Å². The van der Waals surface area contributed by atoms with Crippen LogP contribution in [0.3, 0.4) is 0 Å². The Morgan fingerprint density at radius 1 is 0.976 bits per heavy atom. The standard InChI is InChI=1S/C34H40F2N4O2/c1-4-6-14-40(3)33-30-19-27(11-10-26(30)12-13-38-33)34(42)39-31(18-25-16-28(35)20-29(36)17-25)32(41)22-37-21-24-9-7-8-23(5-2)15-24/h7-13,15-17,19-20,31-32,37,41H,4-6,14,18,21-22H2,1-3H3,(H,39,42)/t31-,32-/m0/s1. The number of carbonyl (C=O) groups excluding carboxylic acids is 1. The fraction of sp³-hybridized carbons (Fsp3) is 0.353. The van der Waals surface area contributed by atoms with Gasteiger partial charge in [-0.1, -0.05) is 50.6 Å². The van der Waals surface area contributed by atoms with E-state index >= 15 is 0 Å². The molecule has 3 N–H and O–H groups in total. The van der Waals surface area contributed by atoms with Crippen molar-refractivity contribution in [2.45, 2.75) is 58.2 Å². The summed E-state index contributed by atoms with van der Waals surface area (Å²) in [4.78, 5) is 20.2. The van der Waals surface area contributed by atoms with Gasteiger partial charge in [0.1, 0.15) is 17.5 Å². The topological polar surface area (TPSA) is 77.5 Å². The smallest absolute Gasteiger partial charge is 0.251 e. The van der Waals surface area contributed by atoms with E-state index < -0.39 is 23.8 Å². The third kappa shape index (κ3) is 8.33. The number of aliphatic hydroxyl groups is 1. The highest BCUT2D eigenvalue weighted by Crippen LogP contribution is 2.25. The van der Waals surface area contributed by atoms with Crippen LogP contribution in [0.1, 0.15) is 53.7 Å². The van der Waals surface area contributed by atoms with Gasteiger partial charge in [-0.3, -0.25) is 4.79 Å². The van der Waals surface area contributed by atoms with Gasteiger partial charge in [-0.05, 0) is 71.7 Å². The number of pyridine rings is 1. The third-order valence-electron chi connectivity index (χ3n) is 7.46. The number of nitrogens with zero attached hydrogens (tertiary/aromatic N) is 2. The zero-order chi connectivity index (χ0) is 30.1. The highest BCUT2D eigenvalue weighted by Gasteiger charge is 2.23. The SMILES string of the molecule is CCCCN(C)c1nccc2ccc(C(=O)N[C@@H](Cc3cc(F)cc(F)c3)[C@@H](O)CNCc3cccc(CC)c3)cc12. The Hall–Kier alpha value is -3.88. The first-order chi connectivity index (χ1) is 20.3. The van der Waals surface area contributed by atoms with Crippen molar-refractivity contribution in [3.05, 3.63) is 107 Å². The summed E-state index contributed by atoms with van der Waals surface area (Å²) < 4.78 is 28.0. The van der Waals surface area contributed by atoms with Gasteiger partial charge in [-0.15, -0.1) is 0 Å². The first-order valence-electron chi connectivity index (χ1n) is 14.6. The number of benzene rings is 3. The molecule has 4 rings (SSSR count). The molecule has 0 radical (unpaired) electrons. The van der Waals surface area contributed by atoms with E-state index in [4.69, 9.17) is 0 Å². The summed E-state index contributed by atoms with van der Waals surface area (Å²) in [6, 6.07) is 17.9. The molecule has 0 aliphatic rings. The lowest BCUT2D eigenvalue weighted by Crippen LogP contribution is -2.48. The normalized spacial score (nSPS) is 12.7. The Balaban J connectivity index is 1.53. The lowest BCUT2D eigenvalue weighted by molar-refractivity contribution is 0.0830. The van der Waals surface area contributed by atoms with E-state index in [1.807, 2.05) is 31.3 Å². The van der Waals surface area contributed by atoms with Crippen LogP contribution >= 0.6 is 0 Å². The number of unbranched alkanes of at least 4 members (excludes halogenated alkanes) is 1. The van der Waals surface area contributed by atoms with E-state index in [9.17, 15) is 18.7 Å². The van der Waals surface area contributed by atoms with Crippen molar-refractivity contribution in [3.63, 3.8) is 0 Å². The molecule has 1 aromatic heterocycles. The van der Waals surface area contributed by atoms with Crippen LogP contribution in [-0.4, -0.2) is 48.3 Å². The number of amides is 1. The summed E-state index contributed by atoms with van der Waals surface area (Å²) in [7, 11) is 1.99. The van der Waals surface area contributed by atoms with Gasteiger partial charge in [0.05, 0.1) is 12.1 Å². The minimum atomic E-state index is -1.02. The molecule has 0 saturated carbocycles. The molecule has 0 spiro atoms. The second-order valence-electron chi connectivity index (χ2n) is 10.8. The number of nitrogens with one attached hydrogen (secondary N) is 2. The molecule has 0 unspecified atom stereocenters. The Morgan fingerprint density at radius 3 is 2.48 bits per heavy atom. The molecule has 4 aromatic rings. The molecule has 3 aromatic carbocycles. The third-order valence-corrected chi connectivity index (χ3v) is 7.46. The van der Waals surface area contributed by atoms with Gasteiger partial charge in [0.2, 0.25) is 0 Å². The minimum absolute atomic E-state index is 0.0503. The Labute approximate surface area is 246 Å². The van der Waals surface area contributed by atoms with E-state index in [1.165, 1.54) is 17.7 Å². The van der Waals surface area contributed by atoms with Gasteiger partial charge >= 0.3 is 0 Å². The van der Waals surface area contributed by atoms with Crippen LogP contribution in [0.2, 0.25) is 0 Å². The van der Waals surface area contributed by atoms with E-state index in [2.05, 4.69) is 46.5 Å². The molecule has 0 bridgehead atoms. The predicted octanol–water partition coefficient (Wildman–Crippen LogP) is 5.80. The molecule has 1 amide bonds. The Kier molecular flexibility index (Phi) is 11.0. The average molecular weight is 575 g/mol. The molecule has 1 heterocycles. The summed E-state index contributed by atoms with van der Waals surface area (Å²) in [5.74, 6) is -1.02. The number of rotatable bonds is 14. The van der Waals surface area contributed by atoms with Crippen molar-refractivity contribution < 1.29 is 18.7 Å². The molecular weight excluding hydrogens is 534 g/mol. The number of anilines is 1. The van der Waals surface area contributed by atoms with Crippen molar-refractivity contribution in [2.75, 3.05) is 25.0 Å². The molecule has 42 heavy (non-hydrogen) atoms. The summed E-state index contributed by atoms with van der Waals surface area (Å²) >= 11 is 0. The van der Waals surface area contributed by atoms with Gasteiger partial charge in [0.25, 0.3) is 5.91 Å². The highest BCUT2D eigenvalue weighted by molar-refractivity contribution is 6.01. The van der Waals surface area contributed by atoms with E-state index in [-0.39, 0.29) is 18.9 Å². The number of hydrogen-bond acceptors (Lipinski definition) is 5. The summed E-state index contributed by atoms with van der Waals surface area (Å²) in [6.45, 7) is 5.78.